The molecule has 3 aromatic rings. The minimum Gasteiger partial charge on any atom is -0.347 e. The van der Waals surface area contributed by atoms with Gasteiger partial charge in [-0.3, -0.25) is 5.10 Å². The molecular formula is C13H15BrN8. The molecule has 114 valence electrons. The summed E-state index contributed by atoms with van der Waals surface area (Å²) in [5.41, 5.74) is 1.93. The third-order valence-corrected chi connectivity index (χ3v) is 3.61. The third kappa shape index (κ3) is 3.25. The van der Waals surface area contributed by atoms with Crippen molar-refractivity contribution < 1.29 is 0 Å². The summed E-state index contributed by atoms with van der Waals surface area (Å²) in [5, 5.41) is 13.4. The number of hydrogen-bond donors (Lipinski definition) is 4. The fraction of sp³-hybridized carbons (Fsp3) is 0.231. The Kier molecular flexibility index (Phi) is 4.05. The quantitative estimate of drug-likeness (QED) is 0.555. The second-order valence-electron chi connectivity index (χ2n) is 4.82. The van der Waals surface area contributed by atoms with Crippen molar-refractivity contribution in [2.45, 2.75) is 19.9 Å². The van der Waals surface area contributed by atoms with Crippen LogP contribution < -0.4 is 10.6 Å². The van der Waals surface area contributed by atoms with Crippen LogP contribution in [0.15, 0.2) is 29.3 Å². The fourth-order valence-corrected chi connectivity index (χ4v) is 2.19. The van der Waals surface area contributed by atoms with Gasteiger partial charge in [0.05, 0.1) is 28.7 Å². The number of hydrogen-bond acceptors (Lipinski definition) is 6. The van der Waals surface area contributed by atoms with Crippen LogP contribution in [0.2, 0.25) is 0 Å². The number of nitrogens with one attached hydrogen (secondary N) is 4. The zero-order chi connectivity index (χ0) is 15.5. The summed E-state index contributed by atoms with van der Waals surface area (Å²) in [6, 6.07) is 1.92. The van der Waals surface area contributed by atoms with Crippen LogP contribution in [-0.2, 0) is 0 Å². The summed E-state index contributed by atoms with van der Waals surface area (Å²) >= 11 is 3.43. The molecular weight excluding hydrogens is 348 g/mol. The summed E-state index contributed by atoms with van der Waals surface area (Å²) in [7, 11) is 0. The van der Waals surface area contributed by atoms with Crippen LogP contribution in [0.3, 0.4) is 0 Å². The van der Waals surface area contributed by atoms with Crippen LogP contribution in [0.5, 0.6) is 0 Å². The maximum absolute atomic E-state index is 4.46. The molecule has 0 saturated heterocycles. The lowest BCUT2D eigenvalue weighted by Gasteiger charge is -2.13. The van der Waals surface area contributed by atoms with Crippen molar-refractivity contribution in [2.24, 2.45) is 0 Å². The van der Waals surface area contributed by atoms with Crippen LogP contribution in [-0.4, -0.2) is 30.1 Å². The number of aromatic amines is 2. The normalized spacial score (nSPS) is 12.1. The van der Waals surface area contributed by atoms with E-state index in [0.717, 1.165) is 15.9 Å². The van der Waals surface area contributed by atoms with E-state index in [-0.39, 0.29) is 6.04 Å². The van der Waals surface area contributed by atoms with E-state index in [4.69, 9.17) is 0 Å². The van der Waals surface area contributed by atoms with Gasteiger partial charge in [0.15, 0.2) is 11.6 Å². The Bertz CT molecular complexity index is 751. The number of aryl methyl sites for hydroxylation is 1. The van der Waals surface area contributed by atoms with Crippen molar-refractivity contribution in [1.82, 2.24) is 30.1 Å². The van der Waals surface area contributed by atoms with Gasteiger partial charge >= 0.3 is 0 Å². The average Bonchev–Trinajstić information content (AvgIpc) is 3.14. The van der Waals surface area contributed by atoms with Gasteiger partial charge in [-0.25, -0.2) is 9.97 Å². The largest absolute Gasteiger partial charge is 0.347 e. The van der Waals surface area contributed by atoms with Gasteiger partial charge in [-0.05, 0) is 29.8 Å². The van der Waals surface area contributed by atoms with Gasteiger partial charge in [0.2, 0.25) is 5.95 Å². The van der Waals surface area contributed by atoms with Crippen molar-refractivity contribution in [3.05, 3.63) is 40.6 Å². The molecule has 4 N–H and O–H groups in total. The van der Waals surface area contributed by atoms with Crippen LogP contribution in [0.25, 0.3) is 0 Å². The summed E-state index contributed by atoms with van der Waals surface area (Å²) in [6.45, 7) is 3.94. The number of H-pyrrole nitrogens is 2. The van der Waals surface area contributed by atoms with Crippen molar-refractivity contribution in [2.75, 3.05) is 10.6 Å². The highest BCUT2D eigenvalue weighted by Crippen LogP contribution is 2.24. The van der Waals surface area contributed by atoms with Crippen molar-refractivity contribution >= 4 is 33.5 Å². The summed E-state index contributed by atoms with van der Waals surface area (Å²) in [6.07, 6.45) is 5.10. The molecule has 3 aromatic heterocycles. The first-order chi connectivity index (χ1) is 10.6. The molecule has 0 fully saturated rings. The molecule has 1 unspecified atom stereocenters. The lowest BCUT2D eigenvalue weighted by molar-refractivity contribution is 0.830. The first-order valence-corrected chi connectivity index (χ1v) is 7.47. The Labute approximate surface area is 135 Å². The number of rotatable bonds is 5. The number of halogens is 1. The topological polar surface area (TPSA) is 107 Å². The maximum Gasteiger partial charge on any atom is 0.225 e. The second-order valence-corrected chi connectivity index (χ2v) is 5.68. The first kappa shape index (κ1) is 14.5. The zero-order valence-corrected chi connectivity index (χ0v) is 13.6. The smallest absolute Gasteiger partial charge is 0.225 e. The Morgan fingerprint density at radius 2 is 2.18 bits per heavy atom. The van der Waals surface area contributed by atoms with Gasteiger partial charge in [0, 0.05) is 18.0 Å². The van der Waals surface area contributed by atoms with Crippen molar-refractivity contribution in [1.29, 1.82) is 0 Å². The van der Waals surface area contributed by atoms with E-state index < -0.39 is 0 Å². The Morgan fingerprint density at radius 3 is 2.86 bits per heavy atom. The Hall–Kier alpha value is -2.42. The van der Waals surface area contributed by atoms with Gasteiger partial charge in [-0.1, -0.05) is 0 Å². The molecule has 0 amide bonds. The molecule has 3 heterocycles. The lowest BCUT2D eigenvalue weighted by atomic mass is 10.2. The van der Waals surface area contributed by atoms with E-state index in [1.807, 2.05) is 19.9 Å². The first-order valence-electron chi connectivity index (χ1n) is 6.68. The lowest BCUT2D eigenvalue weighted by Crippen LogP contribution is -2.10. The zero-order valence-electron chi connectivity index (χ0n) is 12.1. The fourth-order valence-electron chi connectivity index (χ4n) is 1.90. The van der Waals surface area contributed by atoms with E-state index in [1.54, 1.807) is 18.7 Å². The molecule has 0 aliphatic rings. The van der Waals surface area contributed by atoms with E-state index in [1.165, 1.54) is 0 Å². The van der Waals surface area contributed by atoms with Gasteiger partial charge in [0.1, 0.15) is 0 Å². The van der Waals surface area contributed by atoms with E-state index >= 15 is 0 Å². The highest BCUT2D eigenvalue weighted by Gasteiger charge is 2.11. The summed E-state index contributed by atoms with van der Waals surface area (Å²) in [4.78, 5) is 15.8. The van der Waals surface area contributed by atoms with Gasteiger partial charge < -0.3 is 15.6 Å². The molecule has 3 rings (SSSR count). The van der Waals surface area contributed by atoms with Gasteiger partial charge in [0.25, 0.3) is 0 Å². The van der Waals surface area contributed by atoms with E-state index in [9.17, 15) is 0 Å². The second kappa shape index (κ2) is 6.14. The predicted octanol–water partition coefficient (Wildman–Crippen LogP) is 2.91. The molecule has 0 aliphatic carbocycles. The van der Waals surface area contributed by atoms with E-state index in [0.29, 0.717) is 17.6 Å². The molecule has 1 atom stereocenters. The Morgan fingerprint density at radius 1 is 1.32 bits per heavy atom. The molecule has 8 nitrogen and oxygen atoms in total. The molecule has 0 radical (unpaired) electrons. The number of aromatic nitrogens is 6. The average molecular weight is 363 g/mol. The van der Waals surface area contributed by atoms with Crippen LogP contribution in [0.4, 0.5) is 17.6 Å². The van der Waals surface area contributed by atoms with Crippen LogP contribution in [0, 0.1) is 6.92 Å². The monoisotopic (exact) mass is 362 g/mol. The molecule has 22 heavy (non-hydrogen) atoms. The highest BCUT2D eigenvalue weighted by molar-refractivity contribution is 9.10. The van der Waals surface area contributed by atoms with E-state index in [2.05, 4.69) is 56.7 Å². The molecule has 0 aliphatic heterocycles. The minimum atomic E-state index is 0.0177. The SMILES string of the molecule is Cc1cc(Nc2nc(NC(C)c3cnc[nH]3)ncc2Br)n[nH]1. The van der Waals surface area contributed by atoms with Gasteiger partial charge in [-0.2, -0.15) is 10.1 Å². The minimum absolute atomic E-state index is 0.0177. The number of imidazole rings is 1. The maximum atomic E-state index is 4.46. The van der Waals surface area contributed by atoms with Crippen LogP contribution in [0.1, 0.15) is 24.4 Å². The predicted molar refractivity (Wildman–Crippen MR) is 87.0 cm³/mol. The molecule has 0 saturated carbocycles. The summed E-state index contributed by atoms with van der Waals surface area (Å²) < 4.78 is 0.757. The van der Waals surface area contributed by atoms with Crippen LogP contribution >= 0.6 is 15.9 Å². The van der Waals surface area contributed by atoms with Crippen molar-refractivity contribution in [3.8, 4) is 0 Å². The van der Waals surface area contributed by atoms with Gasteiger partial charge in [-0.15, -0.1) is 0 Å². The molecule has 0 bridgehead atoms. The standard InChI is InChI=1S/C13H15BrN8/c1-7-3-11(22-21-7)19-12-9(14)4-16-13(20-12)18-8(2)10-5-15-6-17-10/h3-6,8H,1-2H3,(H,15,17)(H3,16,18,19,20,21,22). The molecule has 0 spiro atoms. The molecule has 0 aromatic carbocycles. The summed E-state index contributed by atoms with van der Waals surface area (Å²) in [5.74, 6) is 1.85. The molecule has 9 heteroatoms. The number of anilines is 3. The highest BCUT2D eigenvalue weighted by atomic mass is 79.9. The third-order valence-electron chi connectivity index (χ3n) is 3.03. The van der Waals surface area contributed by atoms with Crippen molar-refractivity contribution in [3.63, 3.8) is 0 Å². The Balaban J connectivity index is 1.77. The number of nitrogens with zero attached hydrogens (tertiary/aromatic N) is 4.